The molecule has 3 rings (SSSR count). The largest absolute Gasteiger partial charge is 0.369 e. The van der Waals surface area contributed by atoms with E-state index < -0.39 is 4.92 Å². The van der Waals surface area contributed by atoms with Crippen LogP contribution in [0.5, 0.6) is 0 Å². The van der Waals surface area contributed by atoms with E-state index in [1.807, 2.05) is 0 Å². The molecule has 1 fully saturated rings. The second-order valence-corrected chi connectivity index (χ2v) is 5.53. The number of hydrogen-bond donors (Lipinski definition) is 2. The lowest BCUT2D eigenvalue weighted by atomic mass is 9.96. The van der Waals surface area contributed by atoms with Gasteiger partial charge in [0.1, 0.15) is 0 Å². The summed E-state index contributed by atoms with van der Waals surface area (Å²) in [4.78, 5) is 35.7. The number of benzene rings is 1. The number of piperidine rings is 1. The van der Waals surface area contributed by atoms with Crippen LogP contribution in [0.3, 0.4) is 0 Å². The van der Waals surface area contributed by atoms with Gasteiger partial charge in [-0.2, -0.15) is 5.10 Å². The summed E-state index contributed by atoms with van der Waals surface area (Å²) in [6.45, 7) is 0.825. The van der Waals surface area contributed by atoms with Gasteiger partial charge in [-0.1, -0.05) is 0 Å². The van der Waals surface area contributed by atoms with E-state index in [9.17, 15) is 19.7 Å². The number of aromatic nitrogens is 2. The third-order valence-electron chi connectivity index (χ3n) is 4.14. The topological polar surface area (TPSA) is 135 Å². The molecule has 0 radical (unpaired) electrons. The number of nitro benzene ring substituents is 1. The number of nitrogens with zero attached hydrogens (tertiary/aromatic N) is 3. The van der Waals surface area contributed by atoms with Gasteiger partial charge in [0.25, 0.3) is 11.6 Å². The number of carbonyl (C=O) groups is 2. The molecule has 3 N–H and O–H groups in total. The molecular weight excluding hydrogens is 302 g/mol. The first-order valence-corrected chi connectivity index (χ1v) is 7.18. The highest BCUT2D eigenvalue weighted by molar-refractivity contribution is 6.05. The number of non-ortho nitro benzene ring substituents is 1. The zero-order chi connectivity index (χ0) is 16.6. The Balaban J connectivity index is 1.85. The lowest BCUT2D eigenvalue weighted by Crippen LogP contribution is -2.41. The van der Waals surface area contributed by atoms with Crippen molar-refractivity contribution in [1.29, 1.82) is 0 Å². The van der Waals surface area contributed by atoms with Crippen LogP contribution < -0.4 is 5.73 Å². The van der Waals surface area contributed by atoms with Crippen molar-refractivity contribution in [2.45, 2.75) is 12.8 Å². The SMILES string of the molecule is NC(=O)C1CCN(C(=O)c2n[nH]c3ccc([N+](=O)[O-])cc23)CC1. The van der Waals surface area contributed by atoms with E-state index in [-0.39, 0.29) is 29.1 Å². The van der Waals surface area contributed by atoms with Gasteiger partial charge >= 0.3 is 0 Å². The van der Waals surface area contributed by atoms with Gasteiger partial charge in [-0.15, -0.1) is 0 Å². The molecule has 9 heteroatoms. The number of nitrogens with one attached hydrogen (secondary N) is 1. The number of fused-ring (bicyclic) bond motifs is 1. The highest BCUT2D eigenvalue weighted by Gasteiger charge is 2.28. The molecule has 1 aromatic carbocycles. The number of amides is 2. The van der Waals surface area contributed by atoms with Crippen molar-refractivity contribution < 1.29 is 14.5 Å². The molecule has 0 unspecified atom stereocenters. The second kappa shape index (κ2) is 5.67. The summed E-state index contributed by atoms with van der Waals surface area (Å²) >= 11 is 0. The van der Waals surface area contributed by atoms with Crippen LogP contribution in [0.25, 0.3) is 10.9 Å². The summed E-state index contributed by atoms with van der Waals surface area (Å²) in [5, 5.41) is 18.0. The third-order valence-corrected chi connectivity index (χ3v) is 4.14. The highest BCUT2D eigenvalue weighted by atomic mass is 16.6. The molecule has 120 valence electrons. The maximum absolute atomic E-state index is 12.6. The molecule has 2 amide bonds. The van der Waals surface area contributed by atoms with Gasteiger partial charge in [-0.3, -0.25) is 24.8 Å². The number of nitrogens with two attached hydrogens (primary N) is 1. The Labute approximate surface area is 130 Å². The number of carbonyl (C=O) groups excluding carboxylic acids is 2. The summed E-state index contributed by atoms with van der Waals surface area (Å²) in [5.74, 6) is -0.867. The number of aromatic amines is 1. The second-order valence-electron chi connectivity index (χ2n) is 5.53. The molecular formula is C14H15N5O4. The van der Waals surface area contributed by atoms with Gasteiger partial charge in [0.15, 0.2) is 5.69 Å². The molecule has 1 aromatic heterocycles. The van der Waals surface area contributed by atoms with Gasteiger partial charge in [0.2, 0.25) is 5.91 Å². The predicted octanol–water partition coefficient (Wildman–Crippen LogP) is 0.809. The van der Waals surface area contributed by atoms with Crippen molar-refractivity contribution in [2.24, 2.45) is 11.7 Å². The molecule has 0 atom stereocenters. The summed E-state index contributed by atoms with van der Waals surface area (Å²) < 4.78 is 0. The lowest BCUT2D eigenvalue weighted by Gasteiger charge is -2.30. The summed E-state index contributed by atoms with van der Waals surface area (Å²) in [7, 11) is 0. The zero-order valence-electron chi connectivity index (χ0n) is 12.2. The van der Waals surface area contributed by atoms with Gasteiger partial charge in [0, 0.05) is 36.5 Å². The fourth-order valence-electron chi connectivity index (χ4n) is 2.80. The maximum atomic E-state index is 12.6. The fourth-order valence-corrected chi connectivity index (χ4v) is 2.80. The first-order chi connectivity index (χ1) is 11.0. The predicted molar refractivity (Wildman–Crippen MR) is 80.6 cm³/mol. The van der Waals surface area contributed by atoms with E-state index in [2.05, 4.69) is 10.2 Å². The molecule has 0 saturated carbocycles. The van der Waals surface area contributed by atoms with Crippen molar-refractivity contribution in [2.75, 3.05) is 13.1 Å². The van der Waals surface area contributed by atoms with Crippen LogP contribution in [0.1, 0.15) is 23.3 Å². The van der Waals surface area contributed by atoms with E-state index in [1.54, 1.807) is 4.90 Å². The van der Waals surface area contributed by atoms with E-state index in [0.29, 0.717) is 36.8 Å². The van der Waals surface area contributed by atoms with Crippen molar-refractivity contribution in [3.8, 4) is 0 Å². The molecule has 23 heavy (non-hydrogen) atoms. The zero-order valence-corrected chi connectivity index (χ0v) is 12.2. The molecule has 1 saturated heterocycles. The molecule has 9 nitrogen and oxygen atoms in total. The summed E-state index contributed by atoms with van der Waals surface area (Å²) in [5.41, 5.74) is 5.90. The minimum absolute atomic E-state index is 0.0969. The van der Waals surface area contributed by atoms with E-state index in [4.69, 9.17) is 5.73 Å². The van der Waals surface area contributed by atoms with E-state index in [1.165, 1.54) is 18.2 Å². The smallest absolute Gasteiger partial charge is 0.274 e. The first-order valence-electron chi connectivity index (χ1n) is 7.18. The standard InChI is InChI=1S/C14H15N5O4/c15-13(20)8-3-5-18(6-4-8)14(21)12-10-7-9(19(22)23)1-2-11(10)16-17-12/h1-2,7-8H,3-6H2,(H2,15,20)(H,16,17). The lowest BCUT2D eigenvalue weighted by molar-refractivity contribution is -0.384. The van der Waals surface area contributed by atoms with Gasteiger partial charge in [0.05, 0.1) is 10.4 Å². The number of primary amides is 1. The van der Waals surface area contributed by atoms with Crippen LogP contribution in [0.4, 0.5) is 5.69 Å². The van der Waals surface area contributed by atoms with Crippen LogP contribution in [0.15, 0.2) is 18.2 Å². The van der Waals surface area contributed by atoms with Crippen molar-refractivity contribution in [1.82, 2.24) is 15.1 Å². The average Bonchev–Trinajstić information content (AvgIpc) is 2.97. The maximum Gasteiger partial charge on any atom is 0.274 e. The molecule has 2 heterocycles. The van der Waals surface area contributed by atoms with Crippen LogP contribution in [0.2, 0.25) is 0 Å². The Morgan fingerprint density at radius 2 is 2.04 bits per heavy atom. The number of rotatable bonds is 3. The number of hydrogen-bond acceptors (Lipinski definition) is 5. The Morgan fingerprint density at radius 3 is 2.65 bits per heavy atom. The van der Waals surface area contributed by atoms with Crippen LogP contribution in [-0.4, -0.2) is 44.9 Å². The molecule has 1 aliphatic rings. The first kappa shape index (κ1) is 14.9. The number of H-pyrrole nitrogens is 1. The summed E-state index contributed by atoms with van der Waals surface area (Å²) in [6.07, 6.45) is 1.03. The number of likely N-dealkylation sites (tertiary alicyclic amines) is 1. The average molecular weight is 317 g/mol. The fraction of sp³-hybridized carbons (Fsp3) is 0.357. The third kappa shape index (κ3) is 2.72. The van der Waals surface area contributed by atoms with E-state index in [0.717, 1.165) is 0 Å². The number of nitro groups is 1. The van der Waals surface area contributed by atoms with Crippen LogP contribution in [-0.2, 0) is 4.79 Å². The quantitative estimate of drug-likeness (QED) is 0.637. The summed E-state index contributed by atoms with van der Waals surface area (Å²) in [6, 6.07) is 4.21. The monoisotopic (exact) mass is 317 g/mol. The minimum atomic E-state index is -0.515. The Kier molecular flexibility index (Phi) is 3.68. The van der Waals surface area contributed by atoms with Crippen molar-refractivity contribution in [3.63, 3.8) is 0 Å². The minimum Gasteiger partial charge on any atom is -0.369 e. The molecule has 0 spiro atoms. The Hall–Kier alpha value is -2.97. The van der Waals surface area contributed by atoms with Gasteiger partial charge in [-0.05, 0) is 18.9 Å². The molecule has 1 aliphatic heterocycles. The Morgan fingerprint density at radius 1 is 1.35 bits per heavy atom. The Bertz CT molecular complexity index is 792. The highest BCUT2D eigenvalue weighted by Crippen LogP contribution is 2.25. The van der Waals surface area contributed by atoms with Crippen LogP contribution in [0, 0.1) is 16.0 Å². The molecule has 2 aromatic rings. The van der Waals surface area contributed by atoms with Crippen molar-refractivity contribution in [3.05, 3.63) is 34.0 Å². The normalized spacial score (nSPS) is 15.7. The van der Waals surface area contributed by atoms with Crippen molar-refractivity contribution >= 4 is 28.4 Å². The van der Waals surface area contributed by atoms with Gasteiger partial charge < -0.3 is 10.6 Å². The molecule has 0 aliphatic carbocycles. The van der Waals surface area contributed by atoms with Crippen LogP contribution >= 0.6 is 0 Å². The van der Waals surface area contributed by atoms with E-state index >= 15 is 0 Å². The molecule has 0 bridgehead atoms. The van der Waals surface area contributed by atoms with Gasteiger partial charge in [-0.25, -0.2) is 0 Å².